The number of anilines is 1. The van der Waals surface area contributed by atoms with Crippen molar-refractivity contribution in [2.24, 2.45) is 0 Å². The molecule has 0 unspecified atom stereocenters. The van der Waals surface area contributed by atoms with Crippen LogP contribution >= 0.6 is 23.4 Å². The fourth-order valence-corrected chi connectivity index (χ4v) is 3.45. The largest absolute Gasteiger partial charge is 0.357 e. The van der Waals surface area contributed by atoms with E-state index >= 15 is 0 Å². The van der Waals surface area contributed by atoms with E-state index in [0.29, 0.717) is 9.93 Å². The van der Waals surface area contributed by atoms with Crippen molar-refractivity contribution in [3.63, 3.8) is 0 Å². The molecule has 1 saturated heterocycles. The molecule has 2 aromatic carbocycles. The van der Waals surface area contributed by atoms with Crippen LogP contribution < -0.4 is 10.6 Å². The molecule has 3 rings (SSSR count). The fourth-order valence-electron chi connectivity index (χ4n) is 2.29. The van der Waals surface area contributed by atoms with Crippen molar-refractivity contribution < 1.29 is 4.79 Å². The molecule has 0 spiro atoms. The zero-order valence-corrected chi connectivity index (χ0v) is 14.2. The predicted octanol–water partition coefficient (Wildman–Crippen LogP) is 4.50. The lowest BCUT2D eigenvalue weighted by Crippen LogP contribution is -2.30. The minimum absolute atomic E-state index is 0.0856. The van der Waals surface area contributed by atoms with Gasteiger partial charge in [-0.2, -0.15) is 0 Å². The Balaban J connectivity index is 1.70. The first-order chi connectivity index (χ1) is 11.2. The average molecular weight is 345 g/mol. The summed E-state index contributed by atoms with van der Waals surface area (Å²) in [6, 6.07) is 15.7. The first-order valence-electron chi connectivity index (χ1n) is 7.45. The molecule has 23 heavy (non-hydrogen) atoms. The van der Waals surface area contributed by atoms with Gasteiger partial charge in [-0.15, -0.1) is 0 Å². The van der Waals surface area contributed by atoms with Gasteiger partial charge in [0, 0.05) is 10.7 Å². The van der Waals surface area contributed by atoms with Gasteiger partial charge in [-0.25, -0.2) is 0 Å². The Labute approximate surface area is 145 Å². The van der Waals surface area contributed by atoms with Gasteiger partial charge in [0.1, 0.15) is 0 Å². The van der Waals surface area contributed by atoms with Gasteiger partial charge in [-0.05, 0) is 41.8 Å². The third-order valence-electron chi connectivity index (χ3n) is 3.58. The number of aryl methyl sites for hydroxylation is 1. The number of amides is 1. The van der Waals surface area contributed by atoms with Gasteiger partial charge >= 0.3 is 0 Å². The smallest absolute Gasteiger partial charge is 0.260 e. The monoisotopic (exact) mass is 344 g/mol. The van der Waals surface area contributed by atoms with Crippen molar-refractivity contribution in [1.29, 1.82) is 0 Å². The van der Waals surface area contributed by atoms with Crippen LogP contribution in [0.5, 0.6) is 0 Å². The second kappa shape index (κ2) is 7.11. The molecule has 2 aromatic rings. The number of hydrogen-bond donors (Lipinski definition) is 2. The number of nitrogens with one attached hydrogen (secondary N) is 2. The summed E-state index contributed by atoms with van der Waals surface area (Å²) in [5.74, 6) is -0.0856. The van der Waals surface area contributed by atoms with Crippen molar-refractivity contribution in [2.45, 2.75) is 18.8 Å². The summed E-state index contributed by atoms with van der Waals surface area (Å²) < 4.78 is 0. The summed E-state index contributed by atoms with van der Waals surface area (Å²) in [7, 11) is 0. The van der Waals surface area contributed by atoms with E-state index in [1.54, 1.807) is 0 Å². The minimum Gasteiger partial charge on any atom is -0.357 e. The Morgan fingerprint density at radius 2 is 1.96 bits per heavy atom. The highest BCUT2D eigenvalue weighted by atomic mass is 35.5. The molecule has 0 bridgehead atoms. The van der Waals surface area contributed by atoms with Crippen molar-refractivity contribution >= 4 is 41.0 Å². The molecule has 3 nitrogen and oxygen atoms in total. The normalized spacial score (nSPS) is 19.0. The number of carbonyl (C=O) groups is 1. The molecule has 1 amide bonds. The summed E-state index contributed by atoms with van der Waals surface area (Å²) in [4.78, 5) is 12.8. The standard InChI is InChI=1S/C18H17ClN2OS/c1-2-12-7-9-14(10-8-12)20-18-21-17(22)16(23-18)11-13-5-3-4-6-15(13)19/h3-11,18,20H,2H2,1H3,(H,21,22)/b16-11-/t18-/m1/s1. The number of carbonyl (C=O) groups excluding carboxylic acids is 1. The zero-order chi connectivity index (χ0) is 16.2. The van der Waals surface area contributed by atoms with Crippen molar-refractivity contribution in [1.82, 2.24) is 5.32 Å². The molecule has 118 valence electrons. The zero-order valence-electron chi connectivity index (χ0n) is 12.7. The van der Waals surface area contributed by atoms with Gasteiger partial charge in [-0.1, -0.05) is 60.6 Å². The van der Waals surface area contributed by atoms with E-state index < -0.39 is 0 Å². The number of halogens is 1. The number of hydrogen-bond acceptors (Lipinski definition) is 3. The molecule has 0 radical (unpaired) electrons. The van der Waals surface area contributed by atoms with Crippen molar-refractivity contribution in [2.75, 3.05) is 5.32 Å². The first-order valence-corrected chi connectivity index (χ1v) is 8.70. The molecular weight excluding hydrogens is 328 g/mol. The van der Waals surface area contributed by atoms with Crippen LogP contribution in [0.25, 0.3) is 6.08 Å². The van der Waals surface area contributed by atoms with Gasteiger partial charge in [0.05, 0.1) is 4.91 Å². The molecule has 1 fully saturated rings. The van der Waals surface area contributed by atoms with Crippen LogP contribution in [-0.2, 0) is 11.2 Å². The number of thioether (sulfide) groups is 1. The van der Waals surface area contributed by atoms with Crippen LogP contribution in [0.1, 0.15) is 18.1 Å². The Hall–Kier alpha value is -1.91. The molecule has 0 aliphatic carbocycles. The van der Waals surface area contributed by atoms with Gasteiger partial charge in [0.2, 0.25) is 0 Å². The highest BCUT2D eigenvalue weighted by Crippen LogP contribution is 2.31. The van der Waals surface area contributed by atoms with Crippen LogP contribution in [0.3, 0.4) is 0 Å². The van der Waals surface area contributed by atoms with Gasteiger partial charge < -0.3 is 10.6 Å². The summed E-state index contributed by atoms with van der Waals surface area (Å²) in [6.45, 7) is 2.13. The summed E-state index contributed by atoms with van der Waals surface area (Å²) in [5, 5.41) is 6.87. The number of rotatable bonds is 4. The molecule has 1 aliphatic heterocycles. The Bertz CT molecular complexity index is 743. The van der Waals surface area contributed by atoms with Crippen molar-refractivity contribution in [3.05, 3.63) is 69.6 Å². The maximum atomic E-state index is 12.1. The van der Waals surface area contributed by atoms with Crippen LogP contribution in [0.4, 0.5) is 5.69 Å². The topological polar surface area (TPSA) is 41.1 Å². The second-order valence-corrected chi connectivity index (χ2v) is 6.75. The van der Waals surface area contributed by atoms with E-state index in [4.69, 9.17) is 11.6 Å². The minimum atomic E-state index is -0.177. The predicted molar refractivity (Wildman–Crippen MR) is 98.4 cm³/mol. The van der Waals surface area contributed by atoms with Crippen LogP contribution in [-0.4, -0.2) is 11.4 Å². The van der Waals surface area contributed by atoms with Crippen molar-refractivity contribution in [3.8, 4) is 0 Å². The quantitative estimate of drug-likeness (QED) is 0.802. The van der Waals surface area contributed by atoms with E-state index in [9.17, 15) is 4.79 Å². The third-order valence-corrected chi connectivity index (χ3v) is 4.96. The Morgan fingerprint density at radius 3 is 2.65 bits per heavy atom. The van der Waals surface area contributed by atoms with Crippen LogP contribution in [0.15, 0.2) is 53.4 Å². The fraction of sp³-hybridized carbons (Fsp3) is 0.167. The lowest BCUT2D eigenvalue weighted by molar-refractivity contribution is -0.116. The lowest BCUT2D eigenvalue weighted by atomic mass is 10.1. The average Bonchev–Trinajstić information content (AvgIpc) is 2.90. The second-order valence-electron chi connectivity index (χ2n) is 5.20. The highest BCUT2D eigenvalue weighted by molar-refractivity contribution is 8.05. The first kappa shape index (κ1) is 16.0. The third kappa shape index (κ3) is 3.89. The number of benzene rings is 2. The molecule has 5 heteroatoms. The molecule has 0 aromatic heterocycles. The van der Waals surface area contributed by atoms with E-state index in [0.717, 1.165) is 17.7 Å². The van der Waals surface area contributed by atoms with Gasteiger partial charge in [-0.3, -0.25) is 4.79 Å². The van der Waals surface area contributed by atoms with Gasteiger partial charge in [0.15, 0.2) is 5.50 Å². The van der Waals surface area contributed by atoms with E-state index in [2.05, 4.69) is 29.7 Å². The maximum absolute atomic E-state index is 12.1. The molecule has 0 saturated carbocycles. The molecule has 2 N–H and O–H groups in total. The van der Waals surface area contributed by atoms with Crippen LogP contribution in [0.2, 0.25) is 5.02 Å². The van der Waals surface area contributed by atoms with E-state index in [1.807, 2.05) is 42.5 Å². The van der Waals surface area contributed by atoms with E-state index in [1.165, 1.54) is 17.3 Å². The molecular formula is C18H17ClN2OS. The maximum Gasteiger partial charge on any atom is 0.260 e. The lowest BCUT2D eigenvalue weighted by Gasteiger charge is -2.12. The summed E-state index contributed by atoms with van der Waals surface area (Å²) in [6.07, 6.45) is 2.84. The summed E-state index contributed by atoms with van der Waals surface area (Å²) in [5.41, 5.74) is 2.94. The highest BCUT2D eigenvalue weighted by Gasteiger charge is 2.27. The van der Waals surface area contributed by atoms with Crippen LogP contribution in [0, 0.1) is 0 Å². The molecule has 1 atom stereocenters. The van der Waals surface area contributed by atoms with Gasteiger partial charge in [0.25, 0.3) is 5.91 Å². The summed E-state index contributed by atoms with van der Waals surface area (Å²) >= 11 is 7.60. The Kier molecular flexibility index (Phi) is 4.94. The molecule has 1 heterocycles. The SMILES string of the molecule is CCc1ccc(N[C@@H]2NC(=O)/C(=C/c3ccccc3Cl)S2)cc1. The van der Waals surface area contributed by atoms with E-state index in [-0.39, 0.29) is 11.4 Å². The molecule has 1 aliphatic rings. The Morgan fingerprint density at radius 1 is 1.22 bits per heavy atom.